The van der Waals surface area contributed by atoms with Gasteiger partial charge in [-0.2, -0.15) is 0 Å². The fourth-order valence-electron chi connectivity index (χ4n) is 1.70. The SMILES string of the molecule is OC(Cc1cccc(Br)c1)Cc1ccc(Br)s1. The molecule has 1 nitrogen and oxygen atoms in total. The van der Waals surface area contributed by atoms with E-state index in [9.17, 15) is 5.11 Å². The first-order valence-corrected chi connectivity index (χ1v) is 7.70. The van der Waals surface area contributed by atoms with Gasteiger partial charge in [-0.15, -0.1) is 11.3 Å². The molecule has 0 bridgehead atoms. The second-order valence-electron chi connectivity index (χ2n) is 3.90. The van der Waals surface area contributed by atoms with Gasteiger partial charge in [-0.3, -0.25) is 0 Å². The molecular formula is C13H12Br2OS. The highest BCUT2D eigenvalue weighted by molar-refractivity contribution is 9.11. The number of aliphatic hydroxyl groups excluding tert-OH is 1. The van der Waals surface area contributed by atoms with Gasteiger partial charge in [0, 0.05) is 15.8 Å². The van der Waals surface area contributed by atoms with Gasteiger partial charge in [-0.05, 0) is 52.2 Å². The Morgan fingerprint density at radius 1 is 1.12 bits per heavy atom. The van der Waals surface area contributed by atoms with E-state index in [1.165, 1.54) is 4.88 Å². The van der Waals surface area contributed by atoms with Gasteiger partial charge in [0.1, 0.15) is 0 Å². The summed E-state index contributed by atoms with van der Waals surface area (Å²) < 4.78 is 2.17. The van der Waals surface area contributed by atoms with E-state index in [0.29, 0.717) is 12.8 Å². The number of thiophene rings is 1. The lowest BCUT2D eigenvalue weighted by Gasteiger charge is -2.09. The van der Waals surface area contributed by atoms with Crippen LogP contribution in [-0.4, -0.2) is 11.2 Å². The van der Waals surface area contributed by atoms with Crippen LogP contribution < -0.4 is 0 Å². The predicted molar refractivity (Wildman–Crippen MR) is 79.6 cm³/mol. The van der Waals surface area contributed by atoms with Crippen molar-refractivity contribution in [3.05, 3.63) is 55.1 Å². The number of hydrogen-bond donors (Lipinski definition) is 1. The molecule has 4 heteroatoms. The Bertz CT molecular complexity index is 496. The molecule has 2 aromatic rings. The first-order valence-electron chi connectivity index (χ1n) is 5.30. The van der Waals surface area contributed by atoms with Crippen molar-refractivity contribution >= 4 is 43.2 Å². The summed E-state index contributed by atoms with van der Waals surface area (Å²) in [4.78, 5) is 1.21. The van der Waals surface area contributed by atoms with Crippen molar-refractivity contribution in [1.82, 2.24) is 0 Å². The van der Waals surface area contributed by atoms with Crippen LogP contribution in [0.15, 0.2) is 44.7 Å². The van der Waals surface area contributed by atoms with Crippen molar-refractivity contribution in [2.45, 2.75) is 18.9 Å². The molecule has 1 atom stereocenters. The van der Waals surface area contributed by atoms with Crippen LogP contribution in [0, 0.1) is 0 Å². The summed E-state index contributed by atoms with van der Waals surface area (Å²) in [6, 6.07) is 12.1. The summed E-state index contributed by atoms with van der Waals surface area (Å²) in [7, 11) is 0. The summed E-state index contributed by atoms with van der Waals surface area (Å²) in [6.07, 6.45) is 1.08. The molecular weight excluding hydrogens is 364 g/mol. The van der Waals surface area contributed by atoms with Crippen molar-refractivity contribution in [2.75, 3.05) is 0 Å². The molecule has 0 aliphatic heterocycles. The predicted octanol–water partition coefficient (Wildman–Crippen LogP) is 4.42. The molecule has 0 aliphatic carbocycles. The maximum Gasteiger partial charge on any atom is 0.0701 e. The van der Waals surface area contributed by atoms with Crippen LogP contribution in [0.4, 0.5) is 0 Å². The molecule has 1 heterocycles. The maximum atomic E-state index is 10.0. The zero-order valence-electron chi connectivity index (χ0n) is 9.07. The van der Waals surface area contributed by atoms with Gasteiger partial charge in [-0.1, -0.05) is 28.1 Å². The lowest BCUT2D eigenvalue weighted by Crippen LogP contribution is -2.13. The smallest absolute Gasteiger partial charge is 0.0701 e. The third-order valence-corrected chi connectivity index (χ3v) is 4.57. The minimum atomic E-state index is -0.324. The minimum absolute atomic E-state index is 0.324. The number of halogens is 2. The molecule has 17 heavy (non-hydrogen) atoms. The quantitative estimate of drug-likeness (QED) is 0.838. The summed E-state index contributed by atoms with van der Waals surface area (Å²) >= 11 is 8.54. The van der Waals surface area contributed by atoms with E-state index in [1.54, 1.807) is 11.3 Å². The first-order chi connectivity index (χ1) is 8.13. The fourth-order valence-corrected chi connectivity index (χ4v) is 3.70. The third kappa shape index (κ3) is 4.21. The van der Waals surface area contributed by atoms with Gasteiger partial charge >= 0.3 is 0 Å². The normalized spacial score (nSPS) is 12.6. The molecule has 1 N–H and O–H groups in total. The zero-order chi connectivity index (χ0) is 12.3. The van der Waals surface area contributed by atoms with Crippen LogP contribution in [0.3, 0.4) is 0 Å². The molecule has 1 unspecified atom stereocenters. The zero-order valence-corrected chi connectivity index (χ0v) is 13.1. The summed E-state index contributed by atoms with van der Waals surface area (Å²) in [5, 5.41) is 10.0. The van der Waals surface area contributed by atoms with E-state index < -0.39 is 0 Å². The second kappa shape index (κ2) is 6.14. The van der Waals surface area contributed by atoms with Gasteiger partial charge in [0.25, 0.3) is 0 Å². The summed E-state index contributed by atoms with van der Waals surface area (Å²) in [6.45, 7) is 0. The Morgan fingerprint density at radius 2 is 1.94 bits per heavy atom. The van der Waals surface area contributed by atoms with Crippen LogP contribution in [0.2, 0.25) is 0 Å². The van der Waals surface area contributed by atoms with Gasteiger partial charge in [-0.25, -0.2) is 0 Å². The van der Waals surface area contributed by atoms with Gasteiger partial charge in [0.05, 0.1) is 9.89 Å². The van der Waals surface area contributed by atoms with Crippen LogP contribution in [0.1, 0.15) is 10.4 Å². The highest BCUT2D eigenvalue weighted by Gasteiger charge is 2.08. The molecule has 0 amide bonds. The molecule has 0 radical (unpaired) electrons. The highest BCUT2D eigenvalue weighted by atomic mass is 79.9. The highest BCUT2D eigenvalue weighted by Crippen LogP contribution is 2.24. The lowest BCUT2D eigenvalue weighted by atomic mass is 10.1. The van der Waals surface area contributed by atoms with E-state index >= 15 is 0 Å². The van der Waals surface area contributed by atoms with Crippen molar-refractivity contribution in [3.8, 4) is 0 Å². The second-order valence-corrected chi connectivity index (χ2v) is 7.36. The van der Waals surface area contributed by atoms with Crippen molar-refractivity contribution in [3.63, 3.8) is 0 Å². The molecule has 0 saturated carbocycles. The number of aliphatic hydroxyl groups is 1. The van der Waals surface area contributed by atoms with Crippen molar-refractivity contribution < 1.29 is 5.11 Å². The van der Waals surface area contributed by atoms with Crippen LogP contribution >= 0.6 is 43.2 Å². The van der Waals surface area contributed by atoms with Crippen molar-refractivity contribution in [1.29, 1.82) is 0 Å². The van der Waals surface area contributed by atoms with Crippen LogP contribution in [-0.2, 0) is 12.8 Å². The molecule has 1 aromatic carbocycles. The summed E-state index contributed by atoms with van der Waals surface area (Å²) in [5.41, 5.74) is 1.16. The summed E-state index contributed by atoms with van der Waals surface area (Å²) in [5.74, 6) is 0. The Kier molecular flexibility index (Phi) is 4.79. The molecule has 2 rings (SSSR count). The number of rotatable bonds is 4. The fraction of sp³-hybridized carbons (Fsp3) is 0.231. The average molecular weight is 376 g/mol. The van der Waals surface area contributed by atoms with Gasteiger partial charge in [0.15, 0.2) is 0 Å². The Labute approximate surface area is 122 Å². The van der Waals surface area contributed by atoms with Gasteiger partial charge < -0.3 is 5.11 Å². The average Bonchev–Trinajstić information content (AvgIpc) is 2.63. The lowest BCUT2D eigenvalue weighted by molar-refractivity contribution is 0.176. The Balaban J connectivity index is 1.95. The van der Waals surface area contributed by atoms with Crippen LogP contribution in [0.25, 0.3) is 0 Å². The monoisotopic (exact) mass is 374 g/mol. The topological polar surface area (TPSA) is 20.2 Å². The molecule has 1 aromatic heterocycles. The maximum absolute atomic E-state index is 10.0. The number of benzene rings is 1. The van der Waals surface area contributed by atoms with E-state index in [1.807, 2.05) is 30.3 Å². The minimum Gasteiger partial charge on any atom is -0.392 e. The first kappa shape index (κ1) is 13.3. The van der Waals surface area contributed by atoms with E-state index in [0.717, 1.165) is 13.8 Å². The van der Waals surface area contributed by atoms with Gasteiger partial charge in [0.2, 0.25) is 0 Å². The molecule has 0 aliphatic rings. The van der Waals surface area contributed by atoms with Crippen molar-refractivity contribution in [2.24, 2.45) is 0 Å². The third-order valence-electron chi connectivity index (χ3n) is 2.43. The molecule has 0 fully saturated rings. The molecule has 0 spiro atoms. The molecule has 90 valence electrons. The van der Waals surface area contributed by atoms with E-state index in [4.69, 9.17) is 0 Å². The standard InChI is InChI=1S/C13H12Br2OS/c14-10-3-1-2-9(6-10)7-11(16)8-12-4-5-13(15)17-12/h1-6,11,16H,7-8H2. The van der Waals surface area contributed by atoms with E-state index in [-0.39, 0.29) is 6.10 Å². The molecule has 0 saturated heterocycles. The van der Waals surface area contributed by atoms with Crippen LogP contribution in [0.5, 0.6) is 0 Å². The Morgan fingerprint density at radius 3 is 2.59 bits per heavy atom. The van der Waals surface area contributed by atoms with E-state index in [2.05, 4.69) is 37.9 Å². The Hall–Kier alpha value is -0.160. The largest absolute Gasteiger partial charge is 0.392 e. The number of hydrogen-bond acceptors (Lipinski definition) is 2.